The van der Waals surface area contributed by atoms with Gasteiger partial charge in [-0.25, -0.2) is 4.68 Å². The molecule has 0 aliphatic carbocycles. The fraction of sp³-hybridized carbons (Fsp3) is 0.167. The molecule has 0 fully saturated rings. The number of aromatic nitrogens is 4. The van der Waals surface area contributed by atoms with Gasteiger partial charge in [0, 0.05) is 6.20 Å². The Morgan fingerprint density at radius 1 is 1.33 bits per heavy atom. The summed E-state index contributed by atoms with van der Waals surface area (Å²) >= 11 is 3.57. The Morgan fingerprint density at radius 2 is 2.07 bits per heavy atom. The highest BCUT2D eigenvalue weighted by Crippen LogP contribution is 2.32. The summed E-state index contributed by atoms with van der Waals surface area (Å²) in [6, 6.07) is 0. The van der Waals surface area contributed by atoms with E-state index in [9.17, 15) is 13.2 Å². The maximum Gasteiger partial charge on any atom is 0.445 e. The van der Waals surface area contributed by atoms with Gasteiger partial charge in [-0.1, -0.05) is 11.3 Å². The summed E-state index contributed by atoms with van der Waals surface area (Å²) in [6.07, 6.45) is -1.50. The van der Waals surface area contributed by atoms with Gasteiger partial charge in [-0.15, -0.1) is 10.2 Å². The molecule has 2 heterocycles. The van der Waals surface area contributed by atoms with Gasteiger partial charge in [-0.2, -0.15) is 18.3 Å². The summed E-state index contributed by atoms with van der Waals surface area (Å²) in [5, 5.41) is 9.32. The van der Waals surface area contributed by atoms with E-state index in [-0.39, 0.29) is 5.13 Å². The third kappa shape index (κ3) is 2.17. The van der Waals surface area contributed by atoms with E-state index in [1.807, 2.05) is 0 Å². The predicted molar refractivity (Wildman–Crippen MR) is 49.7 cm³/mol. The minimum absolute atomic E-state index is 0.0769. The van der Waals surface area contributed by atoms with Crippen LogP contribution in [0.2, 0.25) is 0 Å². The second-order valence-corrected chi connectivity index (χ2v) is 4.36. The quantitative estimate of drug-likeness (QED) is 0.812. The summed E-state index contributed by atoms with van der Waals surface area (Å²) in [5.74, 6) is 0. The van der Waals surface area contributed by atoms with E-state index in [2.05, 4.69) is 31.2 Å². The first-order chi connectivity index (χ1) is 6.97. The Morgan fingerprint density at radius 3 is 2.53 bits per heavy atom. The Bertz CT molecular complexity index is 477. The summed E-state index contributed by atoms with van der Waals surface area (Å²) in [5.41, 5.74) is 0. The van der Waals surface area contributed by atoms with Crippen LogP contribution in [-0.2, 0) is 6.18 Å². The summed E-state index contributed by atoms with van der Waals surface area (Å²) in [4.78, 5) is 0. The first-order valence-corrected chi connectivity index (χ1v) is 5.19. The van der Waals surface area contributed by atoms with Gasteiger partial charge in [0.1, 0.15) is 0 Å². The van der Waals surface area contributed by atoms with Crippen LogP contribution in [0, 0.1) is 0 Å². The van der Waals surface area contributed by atoms with Gasteiger partial charge < -0.3 is 0 Å². The molecule has 0 saturated heterocycles. The van der Waals surface area contributed by atoms with Crippen LogP contribution in [0.4, 0.5) is 13.2 Å². The third-order valence-corrected chi connectivity index (χ3v) is 2.77. The second-order valence-electron chi connectivity index (χ2n) is 2.49. The predicted octanol–water partition coefficient (Wildman–Crippen LogP) is 2.51. The van der Waals surface area contributed by atoms with Crippen LogP contribution in [0.15, 0.2) is 16.9 Å². The van der Waals surface area contributed by atoms with Crippen molar-refractivity contribution in [2.24, 2.45) is 0 Å². The zero-order valence-electron chi connectivity index (χ0n) is 6.86. The lowest BCUT2D eigenvalue weighted by Gasteiger charge is -1.97. The molecule has 80 valence electrons. The topological polar surface area (TPSA) is 43.6 Å². The van der Waals surface area contributed by atoms with Crippen molar-refractivity contribution in [2.45, 2.75) is 6.18 Å². The lowest BCUT2D eigenvalue weighted by atomic mass is 10.7. The summed E-state index contributed by atoms with van der Waals surface area (Å²) in [6.45, 7) is 0. The first kappa shape index (κ1) is 10.6. The largest absolute Gasteiger partial charge is 0.445 e. The van der Waals surface area contributed by atoms with Gasteiger partial charge in [0.15, 0.2) is 0 Å². The molecule has 0 aromatic carbocycles. The molecule has 2 rings (SSSR count). The number of halogens is 4. The van der Waals surface area contributed by atoms with Crippen LogP contribution in [0.3, 0.4) is 0 Å². The van der Waals surface area contributed by atoms with E-state index in [1.54, 1.807) is 0 Å². The minimum atomic E-state index is -4.46. The van der Waals surface area contributed by atoms with Gasteiger partial charge in [0.2, 0.25) is 10.1 Å². The molecule has 9 heteroatoms. The minimum Gasteiger partial charge on any atom is -0.211 e. The van der Waals surface area contributed by atoms with Crippen molar-refractivity contribution in [3.63, 3.8) is 0 Å². The molecule has 0 unspecified atom stereocenters. The number of nitrogens with zero attached hydrogens (tertiary/aromatic N) is 4. The highest BCUT2D eigenvalue weighted by atomic mass is 79.9. The number of hydrogen-bond donors (Lipinski definition) is 0. The monoisotopic (exact) mass is 298 g/mol. The second kappa shape index (κ2) is 3.56. The molecule has 0 N–H and O–H groups in total. The first-order valence-electron chi connectivity index (χ1n) is 3.58. The molecule has 0 atom stereocenters. The standard InChI is InChI=1S/C6H2BrF3N4S/c7-3-1-11-14(2-3)5-13-12-4(15-5)6(8,9)10/h1-2H. The molecule has 2 aromatic heterocycles. The van der Waals surface area contributed by atoms with Crippen molar-refractivity contribution in [2.75, 3.05) is 0 Å². The smallest absolute Gasteiger partial charge is 0.211 e. The molecular formula is C6H2BrF3N4S. The number of alkyl halides is 3. The average molecular weight is 299 g/mol. The molecule has 0 spiro atoms. The van der Waals surface area contributed by atoms with E-state index in [4.69, 9.17) is 0 Å². The Labute approximate surface area is 93.9 Å². The van der Waals surface area contributed by atoms with E-state index in [1.165, 1.54) is 17.1 Å². The molecule has 0 aliphatic rings. The van der Waals surface area contributed by atoms with Crippen molar-refractivity contribution in [1.29, 1.82) is 0 Å². The molecule has 4 nitrogen and oxygen atoms in total. The molecule has 0 aliphatic heterocycles. The van der Waals surface area contributed by atoms with E-state index in [0.29, 0.717) is 15.8 Å². The van der Waals surface area contributed by atoms with Gasteiger partial charge in [0.25, 0.3) is 0 Å². The lowest BCUT2D eigenvalue weighted by Crippen LogP contribution is -2.03. The third-order valence-electron chi connectivity index (χ3n) is 1.40. The Hall–Kier alpha value is -0.960. The van der Waals surface area contributed by atoms with Gasteiger partial charge in [-0.3, -0.25) is 0 Å². The molecule has 0 saturated carbocycles. The number of rotatable bonds is 1. The highest BCUT2D eigenvalue weighted by Gasteiger charge is 2.35. The zero-order chi connectivity index (χ0) is 11.1. The van der Waals surface area contributed by atoms with Gasteiger partial charge >= 0.3 is 6.18 Å². The van der Waals surface area contributed by atoms with Gasteiger partial charge in [0.05, 0.1) is 10.7 Å². The van der Waals surface area contributed by atoms with Crippen molar-refractivity contribution < 1.29 is 13.2 Å². The van der Waals surface area contributed by atoms with Crippen molar-refractivity contribution in [3.05, 3.63) is 21.9 Å². The van der Waals surface area contributed by atoms with Crippen LogP contribution in [0.1, 0.15) is 5.01 Å². The van der Waals surface area contributed by atoms with Crippen molar-refractivity contribution >= 4 is 27.3 Å². The van der Waals surface area contributed by atoms with Crippen LogP contribution >= 0.6 is 27.3 Å². The van der Waals surface area contributed by atoms with Crippen molar-refractivity contribution in [3.8, 4) is 5.13 Å². The van der Waals surface area contributed by atoms with Crippen LogP contribution in [-0.4, -0.2) is 20.0 Å². The average Bonchev–Trinajstić information content (AvgIpc) is 2.69. The van der Waals surface area contributed by atoms with E-state index in [0.717, 1.165) is 0 Å². The zero-order valence-corrected chi connectivity index (χ0v) is 9.27. The maximum absolute atomic E-state index is 12.2. The van der Waals surface area contributed by atoms with Crippen LogP contribution < -0.4 is 0 Å². The molecule has 0 bridgehead atoms. The summed E-state index contributed by atoms with van der Waals surface area (Å²) in [7, 11) is 0. The fourth-order valence-electron chi connectivity index (χ4n) is 0.828. The summed E-state index contributed by atoms with van der Waals surface area (Å²) < 4.78 is 38.5. The number of hydrogen-bond acceptors (Lipinski definition) is 4. The Kier molecular flexibility index (Phi) is 2.51. The van der Waals surface area contributed by atoms with E-state index < -0.39 is 11.2 Å². The lowest BCUT2D eigenvalue weighted by molar-refractivity contribution is -0.138. The molecule has 0 radical (unpaired) electrons. The molecule has 0 amide bonds. The van der Waals surface area contributed by atoms with Crippen LogP contribution in [0.5, 0.6) is 0 Å². The van der Waals surface area contributed by atoms with Gasteiger partial charge in [-0.05, 0) is 15.9 Å². The highest BCUT2D eigenvalue weighted by molar-refractivity contribution is 9.10. The maximum atomic E-state index is 12.2. The molecule has 15 heavy (non-hydrogen) atoms. The molecule has 2 aromatic rings. The van der Waals surface area contributed by atoms with Crippen molar-refractivity contribution in [1.82, 2.24) is 20.0 Å². The van der Waals surface area contributed by atoms with E-state index >= 15 is 0 Å². The normalized spacial score (nSPS) is 12.0. The molecular weight excluding hydrogens is 297 g/mol. The SMILES string of the molecule is FC(F)(F)c1nnc(-n2cc(Br)cn2)s1. The van der Waals surface area contributed by atoms with Crippen LogP contribution in [0.25, 0.3) is 5.13 Å². The fourth-order valence-corrected chi connectivity index (χ4v) is 1.76. The Balaban J connectivity index is 2.36.